The summed E-state index contributed by atoms with van der Waals surface area (Å²) in [5, 5.41) is 0. The van der Waals surface area contributed by atoms with E-state index in [1.165, 1.54) is 84.0 Å². The Kier molecular flexibility index (Phi) is 5.36. The lowest BCUT2D eigenvalue weighted by atomic mass is 9.84. The molecule has 0 radical (unpaired) electrons. The van der Waals surface area contributed by atoms with E-state index in [1.807, 2.05) is 0 Å². The first-order chi connectivity index (χ1) is 9.83. The van der Waals surface area contributed by atoms with E-state index in [1.54, 1.807) is 0 Å². The highest BCUT2D eigenvalue weighted by atomic mass is 15.3. The van der Waals surface area contributed by atoms with E-state index in [4.69, 9.17) is 5.73 Å². The van der Waals surface area contributed by atoms with Crippen LogP contribution in [0.25, 0.3) is 0 Å². The molecule has 1 heterocycles. The Morgan fingerprint density at radius 3 is 2.05 bits per heavy atom. The van der Waals surface area contributed by atoms with Gasteiger partial charge < -0.3 is 5.73 Å². The fraction of sp³-hybridized carbons (Fsp3) is 1.00. The molecule has 1 unspecified atom stereocenters. The summed E-state index contributed by atoms with van der Waals surface area (Å²) in [4.78, 5) is 5.38. The van der Waals surface area contributed by atoms with E-state index in [9.17, 15) is 0 Å². The Balaban J connectivity index is 1.39. The second-order valence-corrected chi connectivity index (χ2v) is 7.34. The molecule has 2 saturated carbocycles. The van der Waals surface area contributed by atoms with Crippen LogP contribution in [0.2, 0.25) is 0 Å². The lowest BCUT2D eigenvalue weighted by Gasteiger charge is -2.40. The van der Waals surface area contributed by atoms with Crippen molar-refractivity contribution in [3.05, 3.63) is 0 Å². The van der Waals surface area contributed by atoms with E-state index in [0.29, 0.717) is 6.04 Å². The molecule has 3 nitrogen and oxygen atoms in total. The zero-order valence-electron chi connectivity index (χ0n) is 13.1. The predicted octanol–water partition coefficient (Wildman–Crippen LogP) is 2.45. The van der Waals surface area contributed by atoms with Crippen molar-refractivity contribution >= 4 is 0 Å². The topological polar surface area (TPSA) is 32.5 Å². The van der Waals surface area contributed by atoms with Crippen LogP contribution in [0.15, 0.2) is 0 Å². The van der Waals surface area contributed by atoms with Gasteiger partial charge >= 0.3 is 0 Å². The van der Waals surface area contributed by atoms with E-state index in [0.717, 1.165) is 18.5 Å². The smallest absolute Gasteiger partial charge is 0.0196 e. The van der Waals surface area contributed by atoms with Crippen LogP contribution < -0.4 is 5.73 Å². The average molecular weight is 279 g/mol. The van der Waals surface area contributed by atoms with Crippen LogP contribution in [-0.4, -0.2) is 54.6 Å². The van der Waals surface area contributed by atoms with Crippen molar-refractivity contribution in [2.45, 2.75) is 69.9 Å². The molecule has 3 heteroatoms. The largest absolute Gasteiger partial charge is 0.326 e. The molecule has 0 amide bonds. The minimum atomic E-state index is 0.424. The second kappa shape index (κ2) is 7.24. The highest BCUT2D eigenvalue weighted by Crippen LogP contribution is 2.27. The molecule has 1 aliphatic heterocycles. The van der Waals surface area contributed by atoms with Gasteiger partial charge in [0.1, 0.15) is 0 Å². The molecule has 20 heavy (non-hydrogen) atoms. The molecule has 0 aromatic heterocycles. The number of rotatable bonds is 4. The molecule has 0 spiro atoms. The lowest BCUT2D eigenvalue weighted by Crippen LogP contribution is -2.53. The standard InChI is InChI=1S/C17H33N3/c18-17(15-6-2-1-3-7-15)14-19-10-12-20(13-11-19)16-8-4-5-9-16/h15-17H,1-14,18H2. The Bertz CT molecular complexity index is 274. The molecule has 0 bridgehead atoms. The third-order valence-electron chi connectivity index (χ3n) is 5.97. The fourth-order valence-electron chi connectivity index (χ4n) is 4.59. The molecule has 2 N–H and O–H groups in total. The van der Waals surface area contributed by atoms with Crippen LogP contribution in [0.4, 0.5) is 0 Å². The number of hydrogen-bond donors (Lipinski definition) is 1. The Morgan fingerprint density at radius 1 is 0.800 bits per heavy atom. The summed E-state index contributed by atoms with van der Waals surface area (Å²) in [6.45, 7) is 6.20. The third kappa shape index (κ3) is 3.75. The van der Waals surface area contributed by atoms with Gasteiger partial charge in [0.25, 0.3) is 0 Å². The van der Waals surface area contributed by atoms with Gasteiger partial charge in [-0.05, 0) is 31.6 Å². The number of nitrogens with two attached hydrogens (primary N) is 1. The molecule has 1 saturated heterocycles. The molecule has 3 aliphatic rings. The minimum absolute atomic E-state index is 0.424. The lowest BCUT2D eigenvalue weighted by molar-refractivity contribution is 0.0872. The zero-order valence-corrected chi connectivity index (χ0v) is 13.1. The van der Waals surface area contributed by atoms with Crippen molar-refractivity contribution < 1.29 is 0 Å². The number of hydrogen-bond acceptors (Lipinski definition) is 3. The predicted molar refractivity (Wildman–Crippen MR) is 84.8 cm³/mol. The van der Waals surface area contributed by atoms with Gasteiger partial charge in [0.2, 0.25) is 0 Å². The molecule has 0 aromatic carbocycles. The van der Waals surface area contributed by atoms with Crippen LogP contribution in [0.3, 0.4) is 0 Å². The zero-order chi connectivity index (χ0) is 13.8. The summed E-state index contributed by atoms with van der Waals surface area (Å²) in [6, 6.07) is 1.33. The van der Waals surface area contributed by atoms with Gasteiger partial charge in [-0.1, -0.05) is 32.1 Å². The van der Waals surface area contributed by atoms with E-state index >= 15 is 0 Å². The summed E-state index contributed by atoms with van der Waals surface area (Å²) >= 11 is 0. The molecule has 2 aliphatic carbocycles. The Morgan fingerprint density at radius 2 is 1.40 bits per heavy atom. The van der Waals surface area contributed by atoms with Crippen LogP contribution in [0.5, 0.6) is 0 Å². The van der Waals surface area contributed by atoms with Crippen molar-refractivity contribution in [2.24, 2.45) is 11.7 Å². The Labute approximate surface area is 124 Å². The Hall–Kier alpha value is -0.120. The van der Waals surface area contributed by atoms with Crippen molar-refractivity contribution in [1.29, 1.82) is 0 Å². The highest BCUT2D eigenvalue weighted by molar-refractivity contribution is 4.85. The van der Waals surface area contributed by atoms with Gasteiger partial charge in [0.15, 0.2) is 0 Å². The first-order valence-electron chi connectivity index (χ1n) is 9.05. The minimum Gasteiger partial charge on any atom is -0.326 e. The normalized spacial score (nSPS) is 29.9. The van der Waals surface area contributed by atoms with Crippen LogP contribution in [0.1, 0.15) is 57.8 Å². The maximum Gasteiger partial charge on any atom is 0.0196 e. The van der Waals surface area contributed by atoms with Gasteiger partial charge in [-0.2, -0.15) is 0 Å². The van der Waals surface area contributed by atoms with E-state index in [2.05, 4.69) is 9.80 Å². The summed E-state index contributed by atoms with van der Waals surface area (Å²) in [7, 11) is 0. The third-order valence-corrected chi connectivity index (χ3v) is 5.97. The molecule has 116 valence electrons. The quantitative estimate of drug-likeness (QED) is 0.858. The summed E-state index contributed by atoms with van der Waals surface area (Å²) in [5.74, 6) is 0.802. The van der Waals surface area contributed by atoms with Gasteiger partial charge in [-0.3, -0.25) is 9.80 Å². The average Bonchev–Trinajstić information content (AvgIpc) is 3.03. The van der Waals surface area contributed by atoms with Crippen molar-refractivity contribution in [2.75, 3.05) is 32.7 Å². The SMILES string of the molecule is NC(CN1CCN(C2CCCC2)CC1)C1CCCCC1. The maximum absolute atomic E-state index is 6.48. The maximum atomic E-state index is 6.48. The molecule has 3 fully saturated rings. The van der Waals surface area contributed by atoms with Gasteiger partial charge in [-0.15, -0.1) is 0 Å². The van der Waals surface area contributed by atoms with Crippen LogP contribution in [-0.2, 0) is 0 Å². The van der Waals surface area contributed by atoms with Crippen LogP contribution >= 0.6 is 0 Å². The van der Waals surface area contributed by atoms with E-state index in [-0.39, 0.29) is 0 Å². The molecular formula is C17H33N3. The monoisotopic (exact) mass is 279 g/mol. The highest BCUT2D eigenvalue weighted by Gasteiger charge is 2.28. The van der Waals surface area contributed by atoms with Crippen molar-refractivity contribution in [3.63, 3.8) is 0 Å². The molecule has 3 rings (SSSR count). The summed E-state index contributed by atoms with van der Waals surface area (Å²) in [6.07, 6.45) is 12.8. The molecular weight excluding hydrogens is 246 g/mol. The number of nitrogens with zero attached hydrogens (tertiary/aromatic N) is 2. The first-order valence-corrected chi connectivity index (χ1v) is 9.05. The summed E-state index contributed by atoms with van der Waals surface area (Å²) in [5.41, 5.74) is 6.48. The number of piperazine rings is 1. The van der Waals surface area contributed by atoms with Gasteiger partial charge in [-0.25, -0.2) is 0 Å². The summed E-state index contributed by atoms with van der Waals surface area (Å²) < 4.78 is 0. The fourth-order valence-corrected chi connectivity index (χ4v) is 4.59. The molecule has 1 atom stereocenters. The first kappa shape index (κ1) is 14.8. The van der Waals surface area contributed by atoms with E-state index < -0.39 is 0 Å². The van der Waals surface area contributed by atoms with Crippen molar-refractivity contribution in [1.82, 2.24) is 9.80 Å². The second-order valence-electron chi connectivity index (χ2n) is 7.34. The van der Waals surface area contributed by atoms with Crippen molar-refractivity contribution in [3.8, 4) is 0 Å². The molecule has 0 aromatic rings. The van der Waals surface area contributed by atoms with Gasteiger partial charge in [0.05, 0.1) is 0 Å². The van der Waals surface area contributed by atoms with Gasteiger partial charge in [0, 0.05) is 44.8 Å². The van der Waals surface area contributed by atoms with Crippen LogP contribution in [0, 0.1) is 5.92 Å².